The van der Waals surface area contributed by atoms with Crippen molar-refractivity contribution in [1.29, 1.82) is 0 Å². The van der Waals surface area contributed by atoms with Gasteiger partial charge in [0.15, 0.2) is 0 Å². The van der Waals surface area contributed by atoms with Crippen molar-refractivity contribution in [3.63, 3.8) is 0 Å². The molecule has 3 aromatic rings. The lowest BCUT2D eigenvalue weighted by Gasteiger charge is -2.34. The second-order valence-corrected chi connectivity index (χ2v) is 10.2. The summed E-state index contributed by atoms with van der Waals surface area (Å²) in [4.78, 5) is 42.4. The first-order valence-corrected chi connectivity index (χ1v) is 13.3. The fraction of sp³-hybridized carbons (Fsp3) is 0.407. The Bertz CT molecular complexity index is 1380. The summed E-state index contributed by atoms with van der Waals surface area (Å²) in [7, 11) is 2.13. The van der Waals surface area contributed by atoms with E-state index in [9.17, 15) is 9.59 Å². The van der Waals surface area contributed by atoms with Crippen molar-refractivity contribution in [1.82, 2.24) is 29.2 Å². The number of piperazine rings is 2. The molecule has 200 valence electrons. The maximum atomic E-state index is 12.8. The van der Waals surface area contributed by atoms with Crippen LogP contribution in [-0.2, 0) is 11.3 Å². The first kappa shape index (κ1) is 26.1. The standard InChI is InChI=1S/C27H33ClN8O2/c1-3-24(37)35-15-10-33(11-16-35)12-17-36-25(38)7-4-20-19-29-27(31-26(20)36)30-21-5-6-23(22(28)18-21)34-13-8-32(2)9-14-34/h3-7,18-19H,1,8-17H2,2H3,(H,29,30,31). The van der Waals surface area contributed by atoms with Gasteiger partial charge in [-0.15, -0.1) is 0 Å². The molecule has 2 aromatic heterocycles. The number of benzene rings is 1. The smallest absolute Gasteiger partial charge is 0.252 e. The number of halogens is 1. The Hall–Kier alpha value is -3.47. The lowest BCUT2D eigenvalue weighted by atomic mass is 10.2. The summed E-state index contributed by atoms with van der Waals surface area (Å²) in [6, 6.07) is 9.19. The molecule has 2 aliphatic heterocycles. The maximum absolute atomic E-state index is 12.8. The molecule has 1 amide bonds. The highest BCUT2D eigenvalue weighted by molar-refractivity contribution is 6.33. The largest absolute Gasteiger partial charge is 0.368 e. The van der Waals surface area contributed by atoms with Crippen LogP contribution in [0.1, 0.15) is 0 Å². The van der Waals surface area contributed by atoms with E-state index >= 15 is 0 Å². The molecular weight excluding hydrogens is 504 g/mol. The Balaban J connectivity index is 1.29. The number of nitrogens with zero attached hydrogens (tertiary/aromatic N) is 7. The summed E-state index contributed by atoms with van der Waals surface area (Å²) in [5.74, 6) is 0.360. The van der Waals surface area contributed by atoms with Gasteiger partial charge in [0.25, 0.3) is 5.56 Å². The third kappa shape index (κ3) is 5.82. The zero-order chi connectivity index (χ0) is 26.6. The predicted molar refractivity (Wildman–Crippen MR) is 151 cm³/mol. The van der Waals surface area contributed by atoms with Crippen LogP contribution in [0.4, 0.5) is 17.3 Å². The van der Waals surface area contributed by atoms with Crippen LogP contribution in [0, 0.1) is 0 Å². The Kier molecular flexibility index (Phi) is 7.92. The van der Waals surface area contributed by atoms with Crippen LogP contribution in [0.15, 0.2) is 54.0 Å². The molecule has 1 N–H and O–H groups in total. The summed E-state index contributed by atoms with van der Waals surface area (Å²) in [6.07, 6.45) is 3.08. The van der Waals surface area contributed by atoms with Gasteiger partial charge in [-0.05, 0) is 37.4 Å². The molecule has 0 saturated carbocycles. The Morgan fingerprint density at radius 1 is 1.05 bits per heavy atom. The van der Waals surface area contributed by atoms with E-state index < -0.39 is 0 Å². The molecule has 4 heterocycles. The predicted octanol–water partition coefficient (Wildman–Crippen LogP) is 2.27. The molecule has 11 heteroatoms. The van der Waals surface area contributed by atoms with Gasteiger partial charge in [0.1, 0.15) is 5.65 Å². The van der Waals surface area contributed by atoms with Crippen LogP contribution in [0.3, 0.4) is 0 Å². The fourth-order valence-corrected chi connectivity index (χ4v) is 5.23. The van der Waals surface area contributed by atoms with Crippen molar-refractivity contribution in [2.24, 2.45) is 0 Å². The molecule has 2 aliphatic rings. The zero-order valence-corrected chi connectivity index (χ0v) is 22.4. The number of carbonyl (C=O) groups excluding carboxylic acids is 1. The Morgan fingerprint density at radius 3 is 2.53 bits per heavy atom. The van der Waals surface area contributed by atoms with E-state index in [-0.39, 0.29) is 11.5 Å². The van der Waals surface area contributed by atoms with Gasteiger partial charge in [-0.3, -0.25) is 19.1 Å². The zero-order valence-electron chi connectivity index (χ0n) is 21.6. The number of hydrogen-bond donors (Lipinski definition) is 1. The number of likely N-dealkylation sites (N-methyl/N-ethyl adjacent to an activating group) is 1. The minimum atomic E-state index is -0.109. The molecular formula is C27H33ClN8O2. The quantitative estimate of drug-likeness (QED) is 0.460. The topological polar surface area (TPSA) is 89.8 Å². The third-order valence-electron chi connectivity index (χ3n) is 7.27. The molecule has 5 rings (SSSR count). The molecule has 0 radical (unpaired) electrons. The van der Waals surface area contributed by atoms with E-state index in [4.69, 9.17) is 16.6 Å². The highest BCUT2D eigenvalue weighted by Gasteiger charge is 2.20. The van der Waals surface area contributed by atoms with Gasteiger partial charge in [-0.1, -0.05) is 18.2 Å². The van der Waals surface area contributed by atoms with Crippen LogP contribution < -0.4 is 15.8 Å². The number of anilines is 3. The molecule has 0 aliphatic carbocycles. The normalized spacial score (nSPS) is 17.1. The average Bonchev–Trinajstić information content (AvgIpc) is 2.93. The van der Waals surface area contributed by atoms with Gasteiger partial charge in [0, 0.05) is 88.8 Å². The maximum Gasteiger partial charge on any atom is 0.252 e. The van der Waals surface area contributed by atoms with Crippen LogP contribution in [0.25, 0.3) is 11.0 Å². The molecule has 0 spiro atoms. The second kappa shape index (κ2) is 11.5. The van der Waals surface area contributed by atoms with Crippen molar-refractivity contribution in [2.45, 2.75) is 6.54 Å². The van der Waals surface area contributed by atoms with Gasteiger partial charge >= 0.3 is 0 Å². The van der Waals surface area contributed by atoms with Gasteiger partial charge in [-0.25, -0.2) is 4.98 Å². The minimum Gasteiger partial charge on any atom is -0.368 e. The van der Waals surface area contributed by atoms with E-state index in [2.05, 4.69) is 38.6 Å². The minimum absolute atomic E-state index is 0.0399. The first-order chi connectivity index (χ1) is 18.4. The van der Waals surface area contributed by atoms with Crippen molar-refractivity contribution in [3.05, 3.63) is 64.6 Å². The van der Waals surface area contributed by atoms with Crippen molar-refractivity contribution < 1.29 is 4.79 Å². The number of carbonyl (C=O) groups is 1. The van der Waals surface area contributed by atoms with Crippen molar-refractivity contribution >= 4 is 45.9 Å². The molecule has 2 saturated heterocycles. The van der Waals surface area contributed by atoms with Crippen LogP contribution in [-0.4, -0.2) is 101 Å². The van der Waals surface area contributed by atoms with E-state index in [1.165, 1.54) is 6.08 Å². The molecule has 38 heavy (non-hydrogen) atoms. The first-order valence-electron chi connectivity index (χ1n) is 12.9. The molecule has 1 aromatic carbocycles. The van der Waals surface area contributed by atoms with Gasteiger partial charge < -0.3 is 20.0 Å². The van der Waals surface area contributed by atoms with Crippen LogP contribution >= 0.6 is 11.6 Å². The molecule has 10 nitrogen and oxygen atoms in total. The summed E-state index contributed by atoms with van der Waals surface area (Å²) >= 11 is 6.64. The SMILES string of the molecule is C=CC(=O)N1CCN(CCn2c(=O)ccc3cnc(Nc4ccc(N5CCN(C)CC5)c(Cl)c4)nc32)CC1. The van der Waals surface area contributed by atoms with Crippen LogP contribution in [0.2, 0.25) is 5.02 Å². The molecule has 2 fully saturated rings. The lowest BCUT2D eigenvalue weighted by molar-refractivity contribution is -0.127. The van der Waals surface area contributed by atoms with Gasteiger partial charge in [0.2, 0.25) is 11.9 Å². The molecule has 0 bridgehead atoms. The van der Waals surface area contributed by atoms with E-state index in [1.807, 2.05) is 18.2 Å². The summed E-state index contributed by atoms with van der Waals surface area (Å²) < 4.78 is 1.69. The monoisotopic (exact) mass is 536 g/mol. The van der Waals surface area contributed by atoms with Crippen LogP contribution in [0.5, 0.6) is 0 Å². The highest BCUT2D eigenvalue weighted by atomic mass is 35.5. The molecule has 0 atom stereocenters. The van der Waals surface area contributed by atoms with Crippen molar-refractivity contribution in [3.8, 4) is 0 Å². The fourth-order valence-electron chi connectivity index (χ4n) is 4.93. The number of aromatic nitrogens is 3. The number of rotatable bonds is 7. The summed E-state index contributed by atoms with van der Waals surface area (Å²) in [5, 5.41) is 4.71. The van der Waals surface area contributed by atoms with E-state index in [0.717, 1.165) is 56.0 Å². The summed E-state index contributed by atoms with van der Waals surface area (Å²) in [5.41, 5.74) is 2.27. The second-order valence-electron chi connectivity index (χ2n) is 9.75. The number of fused-ring (bicyclic) bond motifs is 1. The van der Waals surface area contributed by atoms with E-state index in [0.29, 0.717) is 42.8 Å². The van der Waals surface area contributed by atoms with Gasteiger partial charge in [0.05, 0.1) is 10.7 Å². The number of nitrogens with one attached hydrogen (secondary N) is 1. The Morgan fingerprint density at radius 2 is 1.82 bits per heavy atom. The van der Waals surface area contributed by atoms with E-state index in [1.54, 1.807) is 27.8 Å². The number of pyridine rings is 1. The molecule has 0 unspecified atom stereocenters. The average molecular weight is 537 g/mol. The van der Waals surface area contributed by atoms with Gasteiger partial charge in [-0.2, -0.15) is 4.98 Å². The number of amides is 1. The Labute approximate surface area is 227 Å². The highest BCUT2D eigenvalue weighted by Crippen LogP contribution is 2.30. The summed E-state index contributed by atoms with van der Waals surface area (Å²) in [6.45, 7) is 11.5. The lowest BCUT2D eigenvalue weighted by Crippen LogP contribution is -2.49. The van der Waals surface area contributed by atoms with Crippen molar-refractivity contribution in [2.75, 3.05) is 76.2 Å². The number of hydrogen-bond acceptors (Lipinski definition) is 8. The third-order valence-corrected chi connectivity index (χ3v) is 7.57.